The topological polar surface area (TPSA) is 91.2 Å². The molecule has 0 spiro atoms. The summed E-state index contributed by atoms with van der Waals surface area (Å²) in [5.74, 6) is -0.155. The first-order chi connectivity index (χ1) is 13.9. The maximum Gasteiger partial charge on any atom is 0.253 e. The molecule has 1 N–H and O–H groups in total. The number of hydrogen-bond acceptors (Lipinski definition) is 6. The van der Waals surface area contributed by atoms with Gasteiger partial charge in [0.2, 0.25) is 5.88 Å². The van der Waals surface area contributed by atoms with Gasteiger partial charge in [0.15, 0.2) is 0 Å². The Morgan fingerprint density at radius 3 is 2.66 bits per heavy atom. The lowest BCUT2D eigenvalue weighted by molar-refractivity contribution is -0.0593. The third kappa shape index (κ3) is 4.09. The molecule has 1 amide bonds. The zero-order valence-electron chi connectivity index (χ0n) is 16.1. The molecular weight excluding hydrogens is 377 g/mol. The van der Waals surface area contributed by atoms with Crippen LogP contribution >= 0.6 is 0 Å². The largest absolute Gasteiger partial charge is 0.471 e. The van der Waals surface area contributed by atoms with Gasteiger partial charge in [-0.05, 0) is 37.3 Å². The van der Waals surface area contributed by atoms with Crippen LogP contribution in [0.4, 0.5) is 4.39 Å². The van der Waals surface area contributed by atoms with E-state index in [1.54, 1.807) is 36.0 Å². The van der Waals surface area contributed by atoms with Crippen molar-refractivity contribution in [3.05, 3.63) is 59.7 Å². The van der Waals surface area contributed by atoms with Crippen LogP contribution in [0.5, 0.6) is 5.88 Å². The Hall–Kier alpha value is -3.33. The minimum atomic E-state index is -0.324. The number of hydrogen-bond donors (Lipinski definition) is 1. The zero-order valence-corrected chi connectivity index (χ0v) is 16.1. The number of ether oxygens (including phenoxy) is 2. The molecule has 2 aromatic heterocycles. The molecule has 1 fully saturated rings. The van der Waals surface area contributed by atoms with E-state index in [0.29, 0.717) is 30.4 Å². The van der Waals surface area contributed by atoms with Crippen molar-refractivity contribution >= 4 is 5.91 Å². The molecule has 0 radical (unpaired) electrons. The van der Waals surface area contributed by atoms with E-state index in [0.717, 1.165) is 11.3 Å². The first-order valence-electron chi connectivity index (χ1n) is 9.07. The number of halogens is 1. The SMILES string of the molecule is Cn1nnc(-c2ccc(F)cc2)c1COc1ccc(C(=O)NC2(C)COC2)cn1. The van der Waals surface area contributed by atoms with Gasteiger partial charge in [0, 0.05) is 24.9 Å². The number of rotatable bonds is 6. The van der Waals surface area contributed by atoms with E-state index < -0.39 is 0 Å². The molecule has 1 aliphatic heterocycles. The maximum absolute atomic E-state index is 13.2. The monoisotopic (exact) mass is 397 g/mol. The predicted octanol–water partition coefficient (Wildman–Crippen LogP) is 2.11. The van der Waals surface area contributed by atoms with Gasteiger partial charge in [0.1, 0.15) is 23.8 Å². The van der Waals surface area contributed by atoms with E-state index in [-0.39, 0.29) is 23.9 Å². The molecule has 3 aromatic rings. The van der Waals surface area contributed by atoms with Gasteiger partial charge in [-0.15, -0.1) is 5.10 Å². The fraction of sp³-hybridized carbons (Fsp3) is 0.300. The van der Waals surface area contributed by atoms with E-state index in [9.17, 15) is 9.18 Å². The minimum absolute atomic E-state index is 0.171. The van der Waals surface area contributed by atoms with Crippen molar-refractivity contribution in [1.82, 2.24) is 25.3 Å². The number of aryl methyl sites for hydroxylation is 1. The fourth-order valence-electron chi connectivity index (χ4n) is 2.94. The van der Waals surface area contributed by atoms with Crippen molar-refractivity contribution in [2.45, 2.75) is 19.1 Å². The molecule has 0 bridgehead atoms. The maximum atomic E-state index is 13.2. The summed E-state index contributed by atoms with van der Waals surface area (Å²) in [7, 11) is 1.75. The zero-order chi connectivity index (χ0) is 20.4. The molecule has 0 aliphatic carbocycles. The molecule has 1 aliphatic rings. The van der Waals surface area contributed by atoms with Crippen LogP contribution in [-0.4, -0.2) is 44.6 Å². The number of carbonyl (C=O) groups excluding carboxylic acids is 1. The van der Waals surface area contributed by atoms with E-state index in [2.05, 4.69) is 20.6 Å². The Morgan fingerprint density at radius 1 is 1.28 bits per heavy atom. The van der Waals surface area contributed by atoms with Crippen LogP contribution in [0.2, 0.25) is 0 Å². The summed E-state index contributed by atoms with van der Waals surface area (Å²) in [5, 5.41) is 11.1. The highest BCUT2D eigenvalue weighted by Gasteiger charge is 2.35. The van der Waals surface area contributed by atoms with Crippen molar-refractivity contribution in [3.63, 3.8) is 0 Å². The number of nitrogens with zero attached hydrogens (tertiary/aromatic N) is 4. The average Bonchev–Trinajstić information content (AvgIpc) is 3.06. The number of carbonyl (C=O) groups is 1. The van der Waals surface area contributed by atoms with E-state index in [1.807, 2.05) is 6.92 Å². The summed E-state index contributed by atoms with van der Waals surface area (Å²) in [6.07, 6.45) is 1.47. The molecule has 0 unspecified atom stereocenters. The second-order valence-electron chi connectivity index (χ2n) is 7.20. The molecular formula is C20H20FN5O3. The van der Waals surface area contributed by atoms with Gasteiger partial charge in [-0.3, -0.25) is 4.79 Å². The highest BCUT2D eigenvalue weighted by molar-refractivity contribution is 5.94. The summed E-state index contributed by atoms with van der Waals surface area (Å²) in [6, 6.07) is 9.31. The van der Waals surface area contributed by atoms with E-state index in [4.69, 9.17) is 9.47 Å². The number of nitrogens with one attached hydrogen (secondary N) is 1. The van der Waals surface area contributed by atoms with Crippen LogP contribution in [-0.2, 0) is 18.4 Å². The van der Waals surface area contributed by atoms with Crippen molar-refractivity contribution in [1.29, 1.82) is 0 Å². The lowest BCUT2D eigenvalue weighted by Gasteiger charge is -2.38. The van der Waals surface area contributed by atoms with Gasteiger partial charge in [-0.25, -0.2) is 14.1 Å². The number of benzene rings is 1. The summed E-state index contributed by atoms with van der Waals surface area (Å²) < 4.78 is 25.7. The molecule has 0 saturated carbocycles. The molecule has 4 rings (SSSR count). The Labute approximate surface area is 166 Å². The minimum Gasteiger partial charge on any atom is -0.471 e. The molecule has 8 nitrogen and oxygen atoms in total. The molecule has 9 heteroatoms. The first-order valence-corrected chi connectivity index (χ1v) is 9.07. The van der Waals surface area contributed by atoms with Crippen LogP contribution in [0.15, 0.2) is 42.6 Å². The van der Waals surface area contributed by atoms with Gasteiger partial charge in [-0.2, -0.15) is 0 Å². The Kier molecular flexibility index (Phi) is 4.98. The van der Waals surface area contributed by atoms with Gasteiger partial charge in [0.05, 0.1) is 24.3 Å². The summed E-state index contributed by atoms with van der Waals surface area (Å²) in [5.41, 5.74) is 2.19. The third-order valence-electron chi connectivity index (χ3n) is 4.67. The average molecular weight is 397 g/mol. The summed E-state index contributed by atoms with van der Waals surface area (Å²) in [6.45, 7) is 3.11. The molecule has 29 heavy (non-hydrogen) atoms. The lowest BCUT2D eigenvalue weighted by Crippen LogP contribution is -2.59. The van der Waals surface area contributed by atoms with Crippen LogP contribution < -0.4 is 10.1 Å². The van der Waals surface area contributed by atoms with Crippen LogP contribution in [0, 0.1) is 5.82 Å². The van der Waals surface area contributed by atoms with E-state index in [1.165, 1.54) is 18.3 Å². The number of pyridine rings is 1. The van der Waals surface area contributed by atoms with Gasteiger partial charge in [0.25, 0.3) is 5.91 Å². The Bertz CT molecular complexity index is 1010. The van der Waals surface area contributed by atoms with Crippen LogP contribution in [0.1, 0.15) is 23.0 Å². The quantitative estimate of drug-likeness (QED) is 0.685. The first kappa shape index (κ1) is 19.0. The van der Waals surface area contributed by atoms with Gasteiger partial charge < -0.3 is 14.8 Å². The van der Waals surface area contributed by atoms with Crippen molar-refractivity contribution in [2.75, 3.05) is 13.2 Å². The van der Waals surface area contributed by atoms with Gasteiger partial charge >= 0.3 is 0 Å². The third-order valence-corrected chi connectivity index (χ3v) is 4.67. The normalized spacial score (nSPS) is 14.9. The highest BCUT2D eigenvalue weighted by atomic mass is 19.1. The highest BCUT2D eigenvalue weighted by Crippen LogP contribution is 2.22. The predicted molar refractivity (Wildman–Crippen MR) is 102 cm³/mol. The Balaban J connectivity index is 1.42. The second-order valence-corrected chi connectivity index (χ2v) is 7.20. The number of amides is 1. The smallest absolute Gasteiger partial charge is 0.253 e. The second kappa shape index (κ2) is 7.59. The summed E-state index contributed by atoms with van der Waals surface area (Å²) in [4.78, 5) is 16.5. The van der Waals surface area contributed by atoms with E-state index >= 15 is 0 Å². The van der Waals surface area contributed by atoms with Crippen LogP contribution in [0.25, 0.3) is 11.3 Å². The summed E-state index contributed by atoms with van der Waals surface area (Å²) >= 11 is 0. The standard InChI is InChI=1S/C20H20FN5O3/c1-20(11-28-12-20)23-19(27)14-5-8-17(22-9-14)29-10-16-18(24-25-26(16)2)13-3-6-15(21)7-4-13/h3-9H,10-12H2,1-2H3,(H,23,27). The molecule has 1 aromatic carbocycles. The number of aromatic nitrogens is 4. The molecule has 0 atom stereocenters. The van der Waals surface area contributed by atoms with Crippen molar-refractivity contribution < 1.29 is 18.7 Å². The lowest BCUT2D eigenvalue weighted by atomic mass is 10.0. The molecule has 150 valence electrons. The van der Waals surface area contributed by atoms with Crippen LogP contribution in [0.3, 0.4) is 0 Å². The fourth-order valence-corrected chi connectivity index (χ4v) is 2.94. The molecule has 3 heterocycles. The Morgan fingerprint density at radius 2 is 2.03 bits per heavy atom. The molecule has 1 saturated heterocycles. The van der Waals surface area contributed by atoms with Crippen molar-refractivity contribution in [2.24, 2.45) is 7.05 Å². The van der Waals surface area contributed by atoms with Gasteiger partial charge in [-0.1, -0.05) is 5.21 Å². The van der Waals surface area contributed by atoms with Crippen molar-refractivity contribution in [3.8, 4) is 17.1 Å².